The van der Waals surface area contributed by atoms with E-state index in [1.54, 1.807) is 0 Å². The highest BCUT2D eigenvalue weighted by molar-refractivity contribution is 5.94. The Morgan fingerprint density at radius 1 is 1.05 bits per heavy atom. The molecule has 0 radical (unpaired) electrons. The lowest BCUT2D eigenvalue weighted by Gasteiger charge is -2.04. The molecule has 3 nitrogen and oxygen atoms in total. The summed E-state index contributed by atoms with van der Waals surface area (Å²) < 4.78 is 2.12. The van der Waals surface area contributed by atoms with Crippen molar-refractivity contribution in [3.63, 3.8) is 0 Å². The molecule has 0 saturated heterocycles. The van der Waals surface area contributed by atoms with E-state index in [4.69, 9.17) is 0 Å². The second kappa shape index (κ2) is 3.82. The summed E-state index contributed by atoms with van der Waals surface area (Å²) in [5.74, 6) is 0. The van der Waals surface area contributed by atoms with Crippen LogP contribution in [0.2, 0.25) is 0 Å². The highest BCUT2D eigenvalue weighted by Crippen LogP contribution is 2.26. The Morgan fingerprint density at radius 2 is 1.90 bits per heavy atom. The van der Waals surface area contributed by atoms with Gasteiger partial charge in [0.15, 0.2) is 0 Å². The molecule has 0 amide bonds. The van der Waals surface area contributed by atoms with Gasteiger partial charge >= 0.3 is 0 Å². The lowest BCUT2D eigenvalue weighted by Crippen LogP contribution is -1.91. The third kappa shape index (κ3) is 1.36. The predicted octanol–water partition coefficient (Wildman–Crippen LogP) is 3.82. The van der Waals surface area contributed by atoms with Gasteiger partial charge in [0.2, 0.25) is 0 Å². The van der Waals surface area contributed by atoms with Gasteiger partial charge < -0.3 is 0 Å². The summed E-state index contributed by atoms with van der Waals surface area (Å²) in [7, 11) is 0. The highest BCUT2D eigenvalue weighted by atomic mass is 15.0. The molecule has 0 aliphatic carbocycles. The fourth-order valence-corrected chi connectivity index (χ4v) is 2.75. The Morgan fingerprint density at radius 3 is 2.75 bits per heavy atom. The van der Waals surface area contributed by atoms with E-state index in [1.807, 2.05) is 30.3 Å². The second-order valence-electron chi connectivity index (χ2n) is 4.98. The number of nitrogens with zero attached hydrogens (tertiary/aromatic N) is 3. The van der Waals surface area contributed by atoms with E-state index >= 15 is 0 Å². The van der Waals surface area contributed by atoms with Crippen molar-refractivity contribution in [2.75, 3.05) is 0 Å². The molecule has 0 fully saturated rings. The molecule has 0 aliphatic rings. The molecule has 0 spiro atoms. The van der Waals surface area contributed by atoms with Crippen LogP contribution >= 0.6 is 0 Å². The van der Waals surface area contributed by atoms with Crippen LogP contribution in [-0.4, -0.2) is 9.38 Å². The number of benzene rings is 2. The molecule has 0 saturated carbocycles. The maximum absolute atomic E-state index is 9.33. The summed E-state index contributed by atoms with van der Waals surface area (Å²) in [6.07, 6.45) is 0. The smallest absolute Gasteiger partial charge is 0.139 e. The summed E-state index contributed by atoms with van der Waals surface area (Å²) in [6.45, 7) is 2.06. The number of imidazole rings is 1. The minimum atomic E-state index is 0.667. The van der Waals surface area contributed by atoms with Crippen molar-refractivity contribution < 1.29 is 0 Å². The fraction of sp³-hybridized carbons (Fsp3) is 0.0588. The van der Waals surface area contributed by atoms with Gasteiger partial charge in [-0.1, -0.05) is 24.3 Å². The first kappa shape index (κ1) is 11.0. The summed E-state index contributed by atoms with van der Waals surface area (Å²) in [4.78, 5) is 4.65. The Balaban J connectivity index is 2.34. The van der Waals surface area contributed by atoms with Crippen molar-refractivity contribution in [3.8, 4) is 6.07 Å². The Kier molecular flexibility index (Phi) is 2.10. The van der Waals surface area contributed by atoms with Crippen molar-refractivity contribution in [1.29, 1.82) is 5.26 Å². The van der Waals surface area contributed by atoms with Crippen LogP contribution in [0.25, 0.3) is 27.6 Å². The van der Waals surface area contributed by atoms with Crippen molar-refractivity contribution >= 4 is 27.6 Å². The maximum Gasteiger partial charge on any atom is 0.139 e. The number of hydrogen-bond acceptors (Lipinski definition) is 2. The third-order valence-corrected chi connectivity index (χ3v) is 3.66. The van der Waals surface area contributed by atoms with Crippen LogP contribution in [0.15, 0.2) is 48.5 Å². The molecule has 0 atom stereocenters. The molecule has 94 valence electrons. The summed E-state index contributed by atoms with van der Waals surface area (Å²) in [6, 6.07) is 18.3. The van der Waals surface area contributed by atoms with E-state index in [9.17, 15) is 5.26 Å². The largest absolute Gasteiger partial charge is 0.292 e. The first-order valence-corrected chi connectivity index (χ1v) is 6.48. The van der Waals surface area contributed by atoms with Crippen LogP contribution in [-0.2, 0) is 0 Å². The van der Waals surface area contributed by atoms with E-state index in [2.05, 4.69) is 40.6 Å². The van der Waals surface area contributed by atoms with E-state index in [1.165, 1.54) is 5.56 Å². The van der Waals surface area contributed by atoms with Gasteiger partial charge in [0, 0.05) is 5.39 Å². The first-order valence-electron chi connectivity index (χ1n) is 6.48. The molecule has 2 heterocycles. The van der Waals surface area contributed by atoms with Crippen LogP contribution in [0.1, 0.15) is 11.1 Å². The molecule has 0 N–H and O–H groups in total. The Hall–Kier alpha value is -2.86. The van der Waals surface area contributed by atoms with Gasteiger partial charge in [-0.05, 0) is 36.8 Å². The molecule has 0 unspecified atom stereocenters. The number of para-hydroxylation sites is 1. The predicted molar refractivity (Wildman–Crippen MR) is 79.7 cm³/mol. The zero-order valence-electron chi connectivity index (χ0n) is 11.0. The SMILES string of the molecule is Cc1ccc2c(c1)nc1cc(C#N)c3ccccc3n12. The van der Waals surface area contributed by atoms with Gasteiger partial charge in [-0.2, -0.15) is 5.26 Å². The number of rotatable bonds is 0. The minimum absolute atomic E-state index is 0.667. The number of hydrogen-bond donors (Lipinski definition) is 0. The lowest BCUT2D eigenvalue weighted by molar-refractivity contribution is 1.29. The normalized spacial score (nSPS) is 11.2. The Labute approximate surface area is 115 Å². The number of aryl methyl sites for hydroxylation is 1. The number of fused-ring (bicyclic) bond motifs is 5. The van der Waals surface area contributed by atoms with Crippen LogP contribution in [0.4, 0.5) is 0 Å². The minimum Gasteiger partial charge on any atom is -0.292 e. The van der Waals surface area contributed by atoms with Crippen molar-refractivity contribution in [1.82, 2.24) is 9.38 Å². The van der Waals surface area contributed by atoms with Gasteiger partial charge in [0.1, 0.15) is 5.65 Å². The molecule has 2 aromatic carbocycles. The third-order valence-electron chi connectivity index (χ3n) is 3.66. The monoisotopic (exact) mass is 257 g/mol. The fourth-order valence-electron chi connectivity index (χ4n) is 2.75. The number of pyridine rings is 1. The first-order chi connectivity index (χ1) is 9.78. The lowest BCUT2D eigenvalue weighted by atomic mass is 10.1. The zero-order chi connectivity index (χ0) is 13.7. The van der Waals surface area contributed by atoms with Crippen molar-refractivity contribution in [2.24, 2.45) is 0 Å². The number of nitriles is 1. The molecular formula is C17H11N3. The van der Waals surface area contributed by atoms with Gasteiger partial charge in [-0.25, -0.2) is 4.98 Å². The maximum atomic E-state index is 9.33. The Bertz CT molecular complexity index is 1020. The molecule has 0 bridgehead atoms. The second-order valence-corrected chi connectivity index (χ2v) is 4.98. The molecular weight excluding hydrogens is 246 g/mol. The topological polar surface area (TPSA) is 41.1 Å². The van der Waals surface area contributed by atoms with Gasteiger partial charge in [0.05, 0.1) is 28.2 Å². The molecule has 2 aromatic heterocycles. The van der Waals surface area contributed by atoms with Crippen LogP contribution in [0.3, 0.4) is 0 Å². The molecule has 4 aromatic rings. The standard InChI is InChI=1S/C17H11N3/c1-11-6-7-16-14(8-11)19-17-9-12(10-18)13-4-2-3-5-15(13)20(16)17/h2-9H,1H3. The van der Waals surface area contributed by atoms with E-state index in [-0.39, 0.29) is 0 Å². The van der Waals surface area contributed by atoms with E-state index in [0.717, 1.165) is 27.6 Å². The summed E-state index contributed by atoms with van der Waals surface area (Å²) in [5.41, 5.74) is 5.73. The van der Waals surface area contributed by atoms with E-state index in [0.29, 0.717) is 5.56 Å². The molecule has 20 heavy (non-hydrogen) atoms. The molecule has 3 heteroatoms. The van der Waals surface area contributed by atoms with E-state index < -0.39 is 0 Å². The van der Waals surface area contributed by atoms with Crippen LogP contribution < -0.4 is 0 Å². The van der Waals surface area contributed by atoms with Crippen LogP contribution in [0, 0.1) is 18.3 Å². The highest BCUT2D eigenvalue weighted by Gasteiger charge is 2.10. The van der Waals surface area contributed by atoms with Gasteiger partial charge in [0.25, 0.3) is 0 Å². The average molecular weight is 257 g/mol. The quantitative estimate of drug-likeness (QED) is 0.480. The summed E-state index contributed by atoms with van der Waals surface area (Å²) >= 11 is 0. The average Bonchev–Trinajstić information content (AvgIpc) is 2.83. The zero-order valence-corrected chi connectivity index (χ0v) is 11.0. The molecule has 0 aliphatic heterocycles. The van der Waals surface area contributed by atoms with Gasteiger partial charge in [-0.3, -0.25) is 4.40 Å². The van der Waals surface area contributed by atoms with Crippen LogP contribution in [0.5, 0.6) is 0 Å². The van der Waals surface area contributed by atoms with Crippen molar-refractivity contribution in [2.45, 2.75) is 6.92 Å². The summed E-state index contributed by atoms with van der Waals surface area (Å²) in [5, 5.41) is 10.3. The van der Waals surface area contributed by atoms with Crippen molar-refractivity contribution in [3.05, 3.63) is 59.7 Å². The molecule has 4 rings (SSSR count). The van der Waals surface area contributed by atoms with Gasteiger partial charge in [-0.15, -0.1) is 0 Å². The number of aromatic nitrogens is 2.